The summed E-state index contributed by atoms with van der Waals surface area (Å²) in [5.74, 6) is 1.76. The van der Waals surface area contributed by atoms with Gasteiger partial charge in [0.25, 0.3) is 5.91 Å². The first-order valence-electron chi connectivity index (χ1n) is 10.4. The van der Waals surface area contributed by atoms with Crippen LogP contribution in [0, 0.1) is 11.8 Å². The quantitative estimate of drug-likeness (QED) is 0.657. The molecule has 0 aromatic heterocycles. The van der Waals surface area contributed by atoms with Crippen molar-refractivity contribution in [3.63, 3.8) is 0 Å². The minimum atomic E-state index is -0.0373. The largest absolute Gasteiger partial charge is 0.496 e. The van der Waals surface area contributed by atoms with Crippen LogP contribution in [-0.4, -0.2) is 44.6 Å². The Morgan fingerprint density at radius 3 is 2.34 bits per heavy atom. The van der Waals surface area contributed by atoms with Crippen LogP contribution in [0.25, 0.3) is 11.1 Å². The molecule has 0 unspecified atom stereocenters. The van der Waals surface area contributed by atoms with Gasteiger partial charge in [-0.25, -0.2) is 0 Å². The van der Waals surface area contributed by atoms with Crippen molar-refractivity contribution in [1.29, 1.82) is 0 Å². The standard InChI is InChI=1S/C25H36N2O2/c1-17(2)14-20-11-9-13-22(24(20)29-7)19-10-8-12-21(15-19)25(28)26-23(18(3)4)16-27(5)6/h8-13,15,17-18,23H,14,16H2,1-7H3,(H,26,28)/t23-/m1/s1. The van der Waals surface area contributed by atoms with Gasteiger partial charge in [-0.1, -0.05) is 58.0 Å². The number of hydrogen-bond acceptors (Lipinski definition) is 3. The van der Waals surface area contributed by atoms with Gasteiger partial charge < -0.3 is 15.0 Å². The highest BCUT2D eigenvalue weighted by molar-refractivity contribution is 5.96. The van der Waals surface area contributed by atoms with E-state index < -0.39 is 0 Å². The van der Waals surface area contributed by atoms with Gasteiger partial charge in [0.05, 0.1) is 7.11 Å². The Hall–Kier alpha value is -2.33. The molecule has 1 atom stereocenters. The van der Waals surface area contributed by atoms with Crippen molar-refractivity contribution < 1.29 is 9.53 Å². The molecule has 0 aliphatic carbocycles. The summed E-state index contributed by atoms with van der Waals surface area (Å²) >= 11 is 0. The van der Waals surface area contributed by atoms with E-state index in [4.69, 9.17) is 4.74 Å². The minimum absolute atomic E-state index is 0.0373. The van der Waals surface area contributed by atoms with E-state index in [-0.39, 0.29) is 11.9 Å². The van der Waals surface area contributed by atoms with Crippen LogP contribution in [0.4, 0.5) is 0 Å². The summed E-state index contributed by atoms with van der Waals surface area (Å²) in [5, 5.41) is 3.20. The molecule has 0 heterocycles. The molecule has 0 saturated heterocycles. The predicted molar refractivity (Wildman–Crippen MR) is 122 cm³/mol. The number of ether oxygens (including phenoxy) is 1. The van der Waals surface area contributed by atoms with Crippen molar-refractivity contribution in [2.24, 2.45) is 11.8 Å². The molecule has 0 saturated carbocycles. The number of likely N-dealkylation sites (N-methyl/N-ethyl adjacent to an activating group) is 1. The predicted octanol–water partition coefficient (Wildman–Crippen LogP) is 4.88. The summed E-state index contributed by atoms with van der Waals surface area (Å²) in [6.07, 6.45) is 0.956. The van der Waals surface area contributed by atoms with Crippen LogP contribution in [0.2, 0.25) is 0 Å². The Morgan fingerprint density at radius 2 is 1.76 bits per heavy atom. The first kappa shape index (κ1) is 23.0. The lowest BCUT2D eigenvalue weighted by Gasteiger charge is -2.25. The topological polar surface area (TPSA) is 41.6 Å². The lowest BCUT2D eigenvalue weighted by molar-refractivity contribution is 0.0916. The Kier molecular flexibility index (Phi) is 8.27. The zero-order chi connectivity index (χ0) is 21.6. The highest BCUT2D eigenvalue weighted by atomic mass is 16.5. The molecule has 4 nitrogen and oxygen atoms in total. The van der Waals surface area contributed by atoms with Crippen LogP contribution < -0.4 is 10.1 Å². The molecule has 0 aliphatic rings. The molecule has 2 aromatic carbocycles. The minimum Gasteiger partial charge on any atom is -0.496 e. The lowest BCUT2D eigenvalue weighted by Crippen LogP contribution is -2.45. The number of rotatable bonds is 9. The van der Waals surface area contributed by atoms with Crippen LogP contribution in [0.3, 0.4) is 0 Å². The smallest absolute Gasteiger partial charge is 0.251 e. The van der Waals surface area contributed by atoms with Gasteiger partial charge in [0, 0.05) is 23.7 Å². The number of hydrogen-bond donors (Lipinski definition) is 1. The second kappa shape index (κ2) is 10.4. The van der Waals surface area contributed by atoms with Gasteiger partial charge in [-0.15, -0.1) is 0 Å². The van der Waals surface area contributed by atoms with Gasteiger partial charge in [0.1, 0.15) is 5.75 Å². The van der Waals surface area contributed by atoms with E-state index in [1.54, 1.807) is 7.11 Å². The van der Waals surface area contributed by atoms with Gasteiger partial charge >= 0.3 is 0 Å². The zero-order valence-electron chi connectivity index (χ0n) is 19.0. The molecule has 2 rings (SSSR count). The molecule has 0 fully saturated rings. The Bertz CT molecular complexity index is 812. The van der Waals surface area contributed by atoms with Crippen molar-refractivity contribution in [2.45, 2.75) is 40.2 Å². The molecule has 0 aliphatic heterocycles. The van der Waals surface area contributed by atoms with Crippen molar-refractivity contribution in [3.8, 4) is 16.9 Å². The number of carbonyl (C=O) groups is 1. The lowest BCUT2D eigenvalue weighted by atomic mass is 9.95. The fraction of sp³-hybridized carbons (Fsp3) is 0.480. The van der Waals surface area contributed by atoms with Gasteiger partial charge in [-0.05, 0) is 55.6 Å². The fourth-order valence-corrected chi connectivity index (χ4v) is 3.55. The van der Waals surface area contributed by atoms with E-state index in [1.807, 2.05) is 38.4 Å². The maximum atomic E-state index is 12.9. The van der Waals surface area contributed by atoms with E-state index >= 15 is 0 Å². The molecule has 4 heteroatoms. The molecule has 2 aromatic rings. The molecular weight excluding hydrogens is 360 g/mol. The van der Waals surface area contributed by atoms with Crippen LogP contribution in [-0.2, 0) is 6.42 Å². The molecule has 1 amide bonds. The van der Waals surface area contributed by atoms with E-state index in [0.717, 1.165) is 29.8 Å². The van der Waals surface area contributed by atoms with Gasteiger partial charge in [-0.2, -0.15) is 0 Å². The highest BCUT2D eigenvalue weighted by Crippen LogP contribution is 2.34. The van der Waals surface area contributed by atoms with E-state index in [1.165, 1.54) is 5.56 Å². The average molecular weight is 397 g/mol. The van der Waals surface area contributed by atoms with Crippen LogP contribution in [0.1, 0.15) is 43.6 Å². The fourth-order valence-electron chi connectivity index (χ4n) is 3.55. The molecule has 158 valence electrons. The molecule has 0 bridgehead atoms. The van der Waals surface area contributed by atoms with Crippen molar-refractivity contribution >= 4 is 5.91 Å². The number of nitrogens with one attached hydrogen (secondary N) is 1. The van der Waals surface area contributed by atoms with E-state index in [2.05, 4.69) is 56.1 Å². The van der Waals surface area contributed by atoms with Crippen LogP contribution >= 0.6 is 0 Å². The summed E-state index contributed by atoms with van der Waals surface area (Å²) < 4.78 is 5.77. The van der Waals surface area contributed by atoms with Crippen LogP contribution in [0.15, 0.2) is 42.5 Å². The number of carbonyl (C=O) groups excluding carboxylic acids is 1. The van der Waals surface area contributed by atoms with Gasteiger partial charge in [0.15, 0.2) is 0 Å². The number of para-hydroxylation sites is 1. The van der Waals surface area contributed by atoms with Crippen molar-refractivity contribution in [2.75, 3.05) is 27.7 Å². The summed E-state index contributed by atoms with van der Waals surface area (Å²) in [5.41, 5.74) is 3.88. The summed E-state index contributed by atoms with van der Waals surface area (Å²) in [4.78, 5) is 15.0. The SMILES string of the molecule is COc1c(CC(C)C)cccc1-c1cccc(C(=O)N[C@H](CN(C)C)C(C)C)c1. The molecule has 29 heavy (non-hydrogen) atoms. The maximum Gasteiger partial charge on any atom is 0.251 e. The van der Waals surface area contributed by atoms with Crippen molar-refractivity contribution in [1.82, 2.24) is 10.2 Å². The summed E-state index contributed by atoms with van der Waals surface area (Å²) in [6, 6.07) is 14.1. The highest BCUT2D eigenvalue weighted by Gasteiger charge is 2.19. The Balaban J connectivity index is 2.33. The first-order chi connectivity index (χ1) is 13.7. The molecular formula is C25H36N2O2. The second-order valence-electron chi connectivity index (χ2n) is 8.76. The maximum absolute atomic E-state index is 12.9. The number of methoxy groups -OCH3 is 1. The number of benzene rings is 2. The third-order valence-electron chi connectivity index (χ3n) is 5.05. The van der Waals surface area contributed by atoms with Crippen LogP contribution in [0.5, 0.6) is 5.75 Å². The zero-order valence-corrected chi connectivity index (χ0v) is 19.0. The Morgan fingerprint density at radius 1 is 1.07 bits per heavy atom. The summed E-state index contributed by atoms with van der Waals surface area (Å²) in [6.45, 7) is 9.49. The molecule has 0 spiro atoms. The average Bonchev–Trinajstić information content (AvgIpc) is 2.66. The molecule has 0 radical (unpaired) electrons. The van der Waals surface area contributed by atoms with E-state index in [0.29, 0.717) is 17.4 Å². The van der Waals surface area contributed by atoms with E-state index in [9.17, 15) is 4.79 Å². The third kappa shape index (κ3) is 6.33. The third-order valence-corrected chi connectivity index (χ3v) is 5.05. The molecule has 1 N–H and O–H groups in total. The van der Waals surface area contributed by atoms with Gasteiger partial charge in [-0.3, -0.25) is 4.79 Å². The monoisotopic (exact) mass is 396 g/mol. The van der Waals surface area contributed by atoms with Gasteiger partial charge in [0.2, 0.25) is 0 Å². The van der Waals surface area contributed by atoms with Crippen molar-refractivity contribution in [3.05, 3.63) is 53.6 Å². The number of nitrogens with zero attached hydrogens (tertiary/aromatic N) is 1. The normalized spacial score (nSPS) is 12.5. The first-order valence-corrected chi connectivity index (χ1v) is 10.4. The number of amides is 1. The second-order valence-corrected chi connectivity index (χ2v) is 8.76. The Labute approximate surface area is 176 Å². The summed E-state index contributed by atoms with van der Waals surface area (Å²) in [7, 11) is 5.77.